The van der Waals surface area contributed by atoms with E-state index in [2.05, 4.69) is 52.5 Å². The van der Waals surface area contributed by atoms with E-state index in [-0.39, 0.29) is 11.6 Å². The molecule has 0 saturated carbocycles. The van der Waals surface area contributed by atoms with Crippen LogP contribution in [0.5, 0.6) is 0 Å². The summed E-state index contributed by atoms with van der Waals surface area (Å²) in [4.78, 5) is 27.1. The maximum absolute atomic E-state index is 12.7. The van der Waals surface area contributed by atoms with Gasteiger partial charge in [0.25, 0.3) is 5.69 Å². The maximum atomic E-state index is 12.7. The first-order valence-corrected chi connectivity index (χ1v) is 12.8. The Morgan fingerprint density at radius 2 is 1.88 bits per heavy atom. The van der Waals surface area contributed by atoms with Crippen LogP contribution in [0.4, 0.5) is 22.2 Å². The van der Waals surface area contributed by atoms with Crippen molar-refractivity contribution in [2.24, 2.45) is 0 Å². The van der Waals surface area contributed by atoms with Crippen LogP contribution in [0.1, 0.15) is 18.1 Å². The van der Waals surface area contributed by atoms with Crippen LogP contribution in [0.2, 0.25) is 0 Å². The van der Waals surface area contributed by atoms with Crippen molar-refractivity contribution in [1.29, 1.82) is 0 Å². The lowest BCUT2D eigenvalue weighted by Crippen LogP contribution is -2.49. The molecule has 3 aromatic rings. The molecular weight excluding hydrogens is 472 g/mol. The van der Waals surface area contributed by atoms with Gasteiger partial charge in [-0.2, -0.15) is 0 Å². The van der Waals surface area contributed by atoms with E-state index in [1.165, 1.54) is 40.8 Å². The summed E-state index contributed by atoms with van der Waals surface area (Å²) in [5.41, 5.74) is 4.47. The first kappa shape index (κ1) is 24.0. The highest BCUT2D eigenvalue weighted by molar-refractivity contribution is 8.01. The lowest BCUT2D eigenvalue weighted by atomic mass is 10.1. The van der Waals surface area contributed by atoms with Gasteiger partial charge in [0.15, 0.2) is 4.34 Å². The van der Waals surface area contributed by atoms with E-state index in [0.717, 1.165) is 32.8 Å². The number of nitro groups is 1. The van der Waals surface area contributed by atoms with E-state index in [1.807, 2.05) is 4.90 Å². The van der Waals surface area contributed by atoms with Crippen LogP contribution < -0.4 is 10.2 Å². The molecule has 34 heavy (non-hydrogen) atoms. The predicted molar refractivity (Wildman–Crippen MR) is 136 cm³/mol. The molecule has 0 aliphatic carbocycles. The van der Waals surface area contributed by atoms with Gasteiger partial charge in [-0.15, -0.1) is 10.2 Å². The van der Waals surface area contributed by atoms with E-state index in [9.17, 15) is 14.9 Å². The van der Waals surface area contributed by atoms with Crippen molar-refractivity contribution in [3.63, 3.8) is 0 Å². The third kappa shape index (κ3) is 5.65. The van der Waals surface area contributed by atoms with Gasteiger partial charge < -0.3 is 15.1 Å². The number of nitrogens with zero attached hydrogens (tertiary/aromatic N) is 5. The minimum atomic E-state index is -0.403. The Morgan fingerprint density at radius 3 is 2.56 bits per heavy atom. The van der Waals surface area contributed by atoms with Gasteiger partial charge in [0.2, 0.25) is 11.0 Å². The van der Waals surface area contributed by atoms with Gasteiger partial charge in [0.05, 0.1) is 10.7 Å². The molecule has 178 valence electrons. The van der Waals surface area contributed by atoms with Crippen molar-refractivity contribution < 1.29 is 9.72 Å². The molecule has 1 fully saturated rings. The van der Waals surface area contributed by atoms with Gasteiger partial charge in [0.1, 0.15) is 0 Å². The summed E-state index contributed by atoms with van der Waals surface area (Å²) in [6.07, 6.45) is 0.927. The Hall–Kier alpha value is -3.18. The third-order valence-corrected chi connectivity index (χ3v) is 7.71. The van der Waals surface area contributed by atoms with Crippen molar-refractivity contribution in [3.05, 3.63) is 63.7 Å². The largest absolute Gasteiger partial charge is 0.368 e. The van der Waals surface area contributed by atoms with Gasteiger partial charge in [-0.1, -0.05) is 48.2 Å². The van der Waals surface area contributed by atoms with Gasteiger partial charge in [0, 0.05) is 49.7 Å². The van der Waals surface area contributed by atoms with Gasteiger partial charge in [-0.05, 0) is 36.6 Å². The number of carbonyl (C=O) groups excluding carboxylic acids is 1. The van der Waals surface area contributed by atoms with Crippen LogP contribution in [0.3, 0.4) is 0 Å². The van der Waals surface area contributed by atoms with Crippen molar-refractivity contribution in [2.45, 2.75) is 24.6 Å². The van der Waals surface area contributed by atoms with Crippen molar-refractivity contribution in [1.82, 2.24) is 15.1 Å². The van der Waals surface area contributed by atoms with E-state index < -0.39 is 4.92 Å². The fourth-order valence-electron chi connectivity index (χ4n) is 3.84. The standard InChI is InChI=1S/C23H26N6O3S2/c1-3-17-6-4-5-16(2)21(17)24-22-25-26-23(34-22)33-15-20(30)28-13-11-27(12-14-28)18-7-9-19(10-8-18)29(31)32/h4-10H,3,11-15H2,1-2H3,(H,24,25). The molecule has 1 aliphatic rings. The number of hydrogen-bond donors (Lipinski definition) is 1. The summed E-state index contributed by atoms with van der Waals surface area (Å²) in [6.45, 7) is 6.81. The number of amides is 1. The predicted octanol–water partition coefficient (Wildman–Crippen LogP) is 4.50. The minimum absolute atomic E-state index is 0.0743. The van der Waals surface area contributed by atoms with Crippen molar-refractivity contribution in [3.8, 4) is 0 Å². The number of nitro benzene ring substituents is 1. The van der Waals surface area contributed by atoms with Crippen LogP contribution in [-0.2, 0) is 11.2 Å². The highest BCUT2D eigenvalue weighted by atomic mass is 32.2. The average molecular weight is 499 g/mol. The number of carbonyl (C=O) groups is 1. The molecule has 1 saturated heterocycles. The number of aromatic nitrogens is 2. The molecule has 0 unspecified atom stereocenters. The first-order chi connectivity index (χ1) is 16.4. The second kappa shape index (κ2) is 10.8. The monoisotopic (exact) mass is 498 g/mol. The summed E-state index contributed by atoms with van der Waals surface area (Å²) in [7, 11) is 0. The summed E-state index contributed by atoms with van der Waals surface area (Å²) in [6, 6.07) is 12.8. The molecule has 1 aromatic heterocycles. The molecule has 0 atom stereocenters. The molecular formula is C23H26N6O3S2. The maximum Gasteiger partial charge on any atom is 0.269 e. The molecule has 2 aromatic carbocycles. The topological polar surface area (TPSA) is 104 Å². The van der Waals surface area contributed by atoms with Crippen LogP contribution in [0.15, 0.2) is 46.8 Å². The second-order valence-electron chi connectivity index (χ2n) is 7.89. The first-order valence-electron chi connectivity index (χ1n) is 11.0. The van der Waals surface area contributed by atoms with E-state index in [4.69, 9.17) is 0 Å². The summed E-state index contributed by atoms with van der Waals surface area (Å²) in [5.74, 6) is 0.390. The fourth-order valence-corrected chi connectivity index (χ4v) is 5.50. The smallest absolute Gasteiger partial charge is 0.269 e. The van der Waals surface area contributed by atoms with Crippen LogP contribution >= 0.6 is 23.1 Å². The zero-order chi connectivity index (χ0) is 24.1. The van der Waals surface area contributed by atoms with Crippen LogP contribution in [0, 0.1) is 17.0 Å². The van der Waals surface area contributed by atoms with E-state index in [0.29, 0.717) is 31.9 Å². The molecule has 1 amide bonds. The number of nitrogens with one attached hydrogen (secondary N) is 1. The number of aryl methyl sites for hydroxylation is 2. The molecule has 11 heteroatoms. The Morgan fingerprint density at radius 1 is 1.15 bits per heavy atom. The number of hydrogen-bond acceptors (Lipinski definition) is 9. The van der Waals surface area contributed by atoms with Crippen molar-refractivity contribution in [2.75, 3.05) is 42.1 Å². The van der Waals surface area contributed by atoms with Gasteiger partial charge in [-0.3, -0.25) is 14.9 Å². The third-order valence-electron chi connectivity index (χ3n) is 5.76. The summed E-state index contributed by atoms with van der Waals surface area (Å²) < 4.78 is 0.756. The number of para-hydroxylation sites is 1. The molecule has 0 spiro atoms. The van der Waals surface area contributed by atoms with Gasteiger partial charge >= 0.3 is 0 Å². The normalized spacial score (nSPS) is 13.7. The number of piperazine rings is 1. The van der Waals surface area contributed by atoms with Crippen LogP contribution in [0.25, 0.3) is 0 Å². The molecule has 4 rings (SSSR count). The highest BCUT2D eigenvalue weighted by Gasteiger charge is 2.22. The number of non-ortho nitro benzene ring substituents is 1. The summed E-state index contributed by atoms with van der Waals surface area (Å²) in [5, 5.41) is 23.4. The quantitative estimate of drug-likeness (QED) is 0.275. The van der Waals surface area contributed by atoms with E-state index in [1.54, 1.807) is 12.1 Å². The zero-order valence-electron chi connectivity index (χ0n) is 19.1. The summed E-state index contributed by atoms with van der Waals surface area (Å²) >= 11 is 2.85. The fraction of sp³-hybridized carbons (Fsp3) is 0.348. The number of anilines is 3. The lowest BCUT2D eigenvalue weighted by molar-refractivity contribution is -0.384. The Kier molecular flexibility index (Phi) is 7.63. The molecule has 1 N–H and O–H groups in total. The SMILES string of the molecule is CCc1cccc(C)c1Nc1nnc(SCC(=O)N2CCN(c3ccc([N+](=O)[O-])cc3)CC2)s1. The molecule has 0 bridgehead atoms. The number of rotatable bonds is 8. The Labute approximate surface area is 206 Å². The van der Waals surface area contributed by atoms with Gasteiger partial charge in [-0.25, -0.2) is 0 Å². The van der Waals surface area contributed by atoms with Crippen LogP contribution in [-0.4, -0.2) is 57.9 Å². The number of thioether (sulfide) groups is 1. The highest BCUT2D eigenvalue weighted by Crippen LogP contribution is 2.31. The molecule has 0 radical (unpaired) electrons. The lowest BCUT2D eigenvalue weighted by Gasteiger charge is -2.36. The Balaban J connectivity index is 1.26. The average Bonchev–Trinajstić information content (AvgIpc) is 3.31. The Bertz CT molecular complexity index is 1160. The van der Waals surface area contributed by atoms with Crippen molar-refractivity contribution >= 4 is 51.2 Å². The minimum Gasteiger partial charge on any atom is -0.368 e. The van der Waals surface area contributed by atoms with E-state index >= 15 is 0 Å². The second-order valence-corrected chi connectivity index (χ2v) is 10.1. The molecule has 1 aliphatic heterocycles. The zero-order valence-corrected chi connectivity index (χ0v) is 20.7. The molecule has 2 heterocycles. The number of benzene rings is 2. The molecule has 9 nitrogen and oxygen atoms in total.